The van der Waals surface area contributed by atoms with Crippen molar-refractivity contribution in [3.8, 4) is 5.75 Å². The largest absolute Gasteiger partial charge is 0.491 e. The highest BCUT2D eigenvalue weighted by Gasteiger charge is 2.20. The van der Waals surface area contributed by atoms with Crippen molar-refractivity contribution in [2.75, 3.05) is 25.6 Å². The van der Waals surface area contributed by atoms with Crippen molar-refractivity contribution in [3.63, 3.8) is 0 Å². The van der Waals surface area contributed by atoms with Crippen LogP contribution in [0.15, 0.2) is 60.7 Å². The van der Waals surface area contributed by atoms with Crippen LogP contribution < -0.4 is 9.64 Å². The van der Waals surface area contributed by atoms with Crippen LogP contribution >= 0.6 is 0 Å². The van der Waals surface area contributed by atoms with Crippen molar-refractivity contribution in [3.05, 3.63) is 71.8 Å². The van der Waals surface area contributed by atoms with Crippen LogP contribution in [0.3, 0.4) is 0 Å². The van der Waals surface area contributed by atoms with Gasteiger partial charge in [0.25, 0.3) is 0 Å². The number of likely N-dealkylation sites (N-methyl/N-ethyl adjacent to an activating group) is 1. The predicted molar refractivity (Wildman–Crippen MR) is 118 cm³/mol. The Kier molecular flexibility index (Phi) is 4.78. The number of nitrogens with one attached hydrogen (secondary N) is 1. The Morgan fingerprint density at radius 1 is 0.929 bits per heavy atom. The number of ether oxygens (including phenoxy) is 1. The van der Waals surface area contributed by atoms with E-state index >= 15 is 0 Å². The maximum absolute atomic E-state index is 8.73. The molecule has 1 N–H and O–H groups in total. The number of para-hydroxylation sites is 1. The zero-order valence-electron chi connectivity index (χ0n) is 16.5. The first-order valence-corrected chi connectivity index (χ1v) is 9.53. The third-order valence-electron chi connectivity index (χ3n) is 5.43. The van der Waals surface area contributed by atoms with E-state index in [2.05, 4.69) is 49.4 Å². The third-order valence-corrected chi connectivity index (χ3v) is 5.43. The Hall–Kier alpha value is -3.27. The summed E-state index contributed by atoms with van der Waals surface area (Å²) >= 11 is 0. The quantitative estimate of drug-likeness (QED) is 0.392. The zero-order valence-corrected chi connectivity index (χ0v) is 16.5. The molecule has 4 nitrogen and oxygen atoms in total. The van der Waals surface area contributed by atoms with Gasteiger partial charge >= 0.3 is 0 Å². The summed E-state index contributed by atoms with van der Waals surface area (Å²) in [6.45, 7) is 2.59. The Labute approximate surface area is 166 Å². The molecule has 4 rings (SSSR count). The second-order valence-electron chi connectivity index (χ2n) is 7.24. The van der Waals surface area contributed by atoms with Gasteiger partial charge in [-0.2, -0.15) is 0 Å². The van der Waals surface area contributed by atoms with Gasteiger partial charge in [-0.3, -0.25) is 5.41 Å². The van der Waals surface area contributed by atoms with Crippen molar-refractivity contribution in [2.24, 2.45) is 0 Å². The van der Waals surface area contributed by atoms with Crippen molar-refractivity contribution in [2.45, 2.75) is 13.0 Å². The molecule has 0 bridgehead atoms. The Bertz CT molecular complexity index is 1030. The molecule has 1 aliphatic carbocycles. The Balaban J connectivity index is 1.51. The first-order chi connectivity index (χ1) is 13.6. The number of hydrogen-bond acceptors (Lipinski definition) is 2. The van der Waals surface area contributed by atoms with Gasteiger partial charge in [0, 0.05) is 19.5 Å². The first-order valence-electron chi connectivity index (χ1n) is 9.53. The fourth-order valence-electron chi connectivity index (χ4n) is 3.60. The lowest BCUT2D eigenvalue weighted by molar-refractivity contribution is 0.225. The highest BCUT2D eigenvalue weighted by molar-refractivity contribution is 6.12. The molecular weight excluding hydrogens is 346 g/mol. The van der Waals surface area contributed by atoms with E-state index in [0.717, 1.165) is 11.4 Å². The van der Waals surface area contributed by atoms with Gasteiger partial charge in [-0.05, 0) is 41.6 Å². The average molecular weight is 371 g/mol. The average Bonchev–Trinajstić information content (AvgIpc) is 3.16. The minimum atomic E-state index is 0.0635. The summed E-state index contributed by atoms with van der Waals surface area (Å²) < 4.78 is 5.87. The maximum Gasteiger partial charge on any atom is 0.198 e. The SMILES string of the molecule is CC(COc1ccccc1)N(C)C(=N)N(C)c1ccc2c3c(cccc13)C=C2. The molecule has 1 atom stereocenters. The summed E-state index contributed by atoms with van der Waals surface area (Å²) in [4.78, 5) is 3.89. The molecule has 3 aromatic rings. The minimum absolute atomic E-state index is 0.0635. The number of nitrogens with zero attached hydrogens (tertiary/aromatic N) is 2. The predicted octanol–water partition coefficient (Wildman–Crippen LogP) is 5.09. The fourth-order valence-corrected chi connectivity index (χ4v) is 3.60. The van der Waals surface area contributed by atoms with Gasteiger partial charge in [0.15, 0.2) is 5.96 Å². The molecule has 0 saturated heterocycles. The van der Waals surface area contributed by atoms with E-state index in [1.54, 1.807) is 0 Å². The number of guanidine groups is 1. The summed E-state index contributed by atoms with van der Waals surface area (Å²) in [5, 5.41) is 11.2. The van der Waals surface area contributed by atoms with Crippen LogP contribution in [0.1, 0.15) is 18.1 Å². The van der Waals surface area contributed by atoms with Crippen molar-refractivity contribution in [1.82, 2.24) is 4.90 Å². The summed E-state index contributed by atoms with van der Waals surface area (Å²) in [5.74, 6) is 1.29. The fraction of sp³-hybridized carbons (Fsp3) is 0.208. The summed E-state index contributed by atoms with van der Waals surface area (Å²) in [6.07, 6.45) is 4.31. The third kappa shape index (κ3) is 3.22. The molecule has 28 heavy (non-hydrogen) atoms. The van der Waals surface area contributed by atoms with Gasteiger partial charge in [-0.15, -0.1) is 0 Å². The molecule has 0 aromatic heterocycles. The topological polar surface area (TPSA) is 39.6 Å². The molecule has 3 aromatic carbocycles. The van der Waals surface area contributed by atoms with E-state index in [4.69, 9.17) is 10.1 Å². The van der Waals surface area contributed by atoms with Crippen molar-refractivity contribution >= 4 is 34.6 Å². The van der Waals surface area contributed by atoms with Crippen LogP contribution in [0.4, 0.5) is 5.69 Å². The molecule has 0 amide bonds. The van der Waals surface area contributed by atoms with Gasteiger partial charge < -0.3 is 14.5 Å². The van der Waals surface area contributed by atoms with E-state index in [0.29, 0.717) is 12.6 Å². The summed E-state index contributed by atoms with van der Waals surface area (Å²) in [6, 6.07) is 20.5. The number of hydrogen-bond donors (Lipinski definition) is 1. The lowest BCUT2D eigenvalue weighted by atomic mass is 10.0. The molecule has 0 radical (unpaired) electrons. The van der Waals surface area contributed by atoms with Crippen molar-refractivity contribution in [1.29, 1.82) is 5.41 Å². The van der Waals surface area contributed by atoms with E-state index < -0.39 is 0 Å². The second kappa shape index (κ2) is 7.39. The van der Waals surface area contributed by atoms with E-state index in [9.17, 15) is 0 Å². The number of benzene rings is 3. The zero-order chi connectivity index (χ0) is 19.7. The summed E-state index contributed by atoms with van der Waals surface area (Å²) in [7, 11) is 3.90. The van der Waals surface area contributed by atoms with E-state index in [1.165, 1.54) is 21.9 Å². The van der Waals surface area contributed by atoms with Crippen LogP contribution in [0.5, 0.6) is 5.75 Å². The van der Waals surface area contributed by atoms with Crippen LogP contribution in [0.25, 0.3) is 22.9 Å². The molecule has 1 unspecified atom stereocenters. The Morgan fingerprint density at radius 3 is 2.39 bits per heavy atom. The second-order valence-corrected chi connectivity index (χ2v) is 7.24. The van der Waals surface area contributed by atoms with Crippen LogP contribution in [-0.2, 0) is 0 Å². The first kappa shape index (κ1) is 18.1. The van der Waals surface area contributed by atoms with E-state index in [-0.39, 0.29) is 6.04 Å². The number of anilines is 1. The molecule has 142 valence electrons. The van der Waals surface area contributed by atoms with Crippen LogP contribution in [0.2, 0.25) is 0 Å². The molecule has 0 spiro atoms. The lowest BCUT2D eigenvalue weighted by Crippen LogP contribution is -2.46. The molecule has 0 fully saturated rings. The van der Waals surface area contributed by atoms with E-state index in [1.807, 2.05) is 54.2 Å². The maximum atomic E-state index is 8.73. The number of rotatable bonds is 5. The molecule has 0 aliphatic heterocycles. The van der Waals surface area contributed by atoms with Gasteiger partial charge in [0.05, 0.1) is 11.7 Å². The van der Waals surface area contributed by atoms with Crippen LogP contribution in [0, 0.1) is 5.41 Å². The van der Waals surface area contributed by atoms with Crippen LogP contribution in [-0.4, -0.2) is 37.6 Å². The monoisotopic (exact) mass is 371 g/mol. The van der Waals surface area contributed by atoms with Gasteiger partial charge in [-0.1, -0.05) is 54.6 Å². The molecule has 0 heterocycles. The standard InChI is InChI=1S/C24H25N3O/c1-17(16-28-20-9-5-4-6-10-20)26(2)24(25)27(3)22-15-14-19-13-12-18-8-7-11-21(22)23(18)19/h4-15,17,25H,16H2,1-3H3. The summed E-state index contributed by atoms with van der Waals surface area (Å²) in [5.41, 5.74) is 3.52. The minimum Gasteiger partial charge on any atom is -0.491 e. The molecule has 1 aliphatic rings. The van der Waals surface area contributed by atoms with Gasteiger partial charge in [-0.25, -0.2) is 0 Å². The molecular formula is C24H25N3O. The lowest BCUT2D eigenvalue weighted by Gasteiger charge is -2.33. The van der Waals surface area contributed by atoms with Gasteiger partial charge in [0.1, 0.15) is 12.4 Å². The van der Waals surface area contributed by atoms with Gasteiger partial charge in [0.2, 0.25) is 0 Å². The van der Waals surface area contributed by atoms with Crippen molar-refractivity contribution < 1.29 is 4.74 Å². The molecule has 4 heteroatoms. The smallest absolute Gasteiger partial charge is 0.198 e. The highest BCUT2D eigenvalue weighted by atomic mass is 16.5. The Morgan fingerprint density at radius 2 is 1.64 bits per heavy atom. The highest BCUT2D eigenvalue weighted by Crippen LogP contribution is 2.36. The molecule has 0 saturated carbocycles. The normalized spacial score (nSPS) is 12.8.